The number of carboxylic acids is 1. The molecule has 0 amide bonds. The van der Waals surface area contributed by atoms with Gasteiger partial charge in [-0.3, -0.25) is 0 Å². The van der Waals surface area contributed by atoms with E-state index in [9.17, 15) is 14.3 Å². The fourth-order valence-electron chi connectivity index (χ4n) is 6.13. The molecule has 0 bridgehead atoms. The third-order valence-corrected chi connectivity index (χ3v) is 8.16. The number of carbonyl (C=O) groups is 1. The minimum atomic E-state index is -1.41. The van der Waals surface area contributed by atoms with E-state index in [-0.39, 0.29) is 11.6 Å². The number of ether oxygens (including phenoxy) is 2. The molecule has 1 aliphatic rings. The first-order chi connectivity index (χ1) is 21.3. The van der Waals surface area contributed by atoms with Crippen LogP contribution in [0.3, 0.4) is 0 Å². The molecule has 232 valence electrons. The van der Waals surface area contributed by atoms with Crippen molar-refractivity contribution in [2.75, 3.05) is 6.61 Å². The normalized spacial score (nSPS) is 13.9. The zero-order valence-corrected chi connectivity index (χ0v) is 26.2. The Labute approximate surface area is 260 Å². The third kappa shape index (κ3) is 5.57. The van der Waals surface area contributed by atoms with E-state index in [0.29, 0.717) is 46.9 Å². The summed E-state index contributed by atoms with van der Waals surface area (Å²) < 4.78 is 43.2. The molecule has 1 N–H and O–H groups in total. The predicted molar refractivity (Wildman–Crippen MR) is 168 cm³/mol. The van der Waals surface area contributed by atoms with Gasteiger partial charge in [0.2, 0.25) is 0 Å². The zero-order valence-electron chi connectivity index (χ0n) is 26.2. The summed E-state index contributed by atoms with van der Waals surface area (Å²) in [5, 5.41) is 15.5. The van der Waals surface area contributed by atoms with Crippen LogP contribution in [0, 0.1) is 32.4 Å². The Morgan fingerprint density at radius 3 is 2.38 bits per heavy atom. The molecule has 3 aromatic carbocycles. The topological polar surface area (TPSA) is 86.0 Å². The summed E-state index contributed by atoms with van der Waals surface area (Å²) in [5.74, 6) is -1.81. The molecule has 3 heterocycles. The van der Waals surface area contributed by atoms with Crippen LogP contribution < -0.4 is 4.74 Å². The number of aromatic nitrogens is 3. The maximum Gasteiger partial charge on any atom is 0.337 e. The summed E-state index contributed by atoms with van der Waals surface area (Å²) in [6.07, 6.45) is -0.0340. The number of aryl methyl sites for hydroxylation is 2. The second-order valence-electron chi connectivity index (χ2n) is 12.5. The van der Waals surface area contributed by atoms with Crippen LogP contribution in [0.25, 0.3) is 39.3 Å². The molecule has 2 aromatic heterocycles. The van der Waals surface area contributed by atoms with E-state index in [4.69, 9.17) is 19.6 Å². The van der Waals surface area contributed by atoms with Gasteiger partial charge < -0.3 is 14.6 Å². The average Bonchev–Trinajstić information content (AvgIpc) is 3.32. The van der Waals surface area contributed by atoms with Crippen molar-refractivity contribution in [1.82, 2.24) is 14.6 Å². The maximum atomic E-state index is 15.7. The van der Waals surface area contributed by atoms with Gasteiger partial charge in [0, 0.05) is 33.5 Å². The fraction of sp³-hybridized carbons (Fsp3) is 0.306. The second-order valence-corrected chi connectivity index (χ2v) is 12.5. The highest BCUT2D eigenvalue weighted by molar-refractivity contribution is 5.84. The largest absolute Gasteiger partial charge is 0.490 e. The van der Waals surface area contributed by atoms with E-state index in [2.05, 4.69) is 0 Å². The Kier molecular flexibility index (Phi) is 7.69. The van der Waals surface area contributed by atoms with Gasteiger partial charge in [-0.25, -0.2) is 23.1 Å². The lowest BCUT2D eigenvalue weighted by molar-refractivity contribution is -0.160. The lowest BCUT2D eigenvalue weighted by Gasteiger charge is -2.28. The first-order valence-electron chi connectivity index (χ1n) is 15.0. The van der Waals surface area contributed by atoms with Gasteiger partial charge in [-0.15, -0.1) is 0 Å². The summed E-state index contributed by atoms with van der Waals surface area (Å²) in [4.78, 5) is 17.7. The predicted octanol–water partition coefficient (Wildman–Crippen LogP) is 8.20. The Morgan fingerprint density at radius 1 is 1.00 bits per heavy atom. The monoisotopic (exact) mass is 611 g/mol. The molecule has 1 aliphatic heterocycles. The van der Waals surface area contributed by atoms with Crippen molar-refractivity contribution >= 4 is 11.6 Å². The minimum Gasteiger partial charge on any atom is -0.490 e. The number of halogens is 2. The Morgan fingerprint density at radius 2 is 1.69 bits per heavy atom. The SMILES string of the molecule is Cc1nc2c(C)c(-c3cccc(-c4cccc(F)c4)c3)nn2c(-c2cc(F)c3c(c2C)CCCO3)c1C(OC(C)(C)C)C(=O)O. The van der Waals surface area contributed by atoms with Gasteiger partial charge in [0.1, 0.15) is 5.82 Å². The molecule has 1 atom stereocenters. The van der Waals surface area contributed by atoms with Gasteiger partial charge in [0.15, 0.2) is 23.3 Å². The summed E-state index contributed by atoms with van der Waals surface area (Å²) in [7, 11) is 0. The van der Waals surface area contributed by atoms with E-state index in [1.807, 2.05) is 44.2 Å². The smallest absolute Gasteiger partial charge is 0.337 e. The van der Waals surface area contributed by atoms with Gasteiger partial charge >= 0.3 is 5.97 Å². The van der Waals surface area contributed by atoms with Crippen LogP contribution in [0.5, 0.6) is 5.75 Å². The van der Waals surface area contributed by atoms with Crippen LogP contribution in [0.1, 0.15) is 61.2 Å². The number of carboxylic acid groups (broad SMARTS) is 1. The van der Waals surface area contributed by atoms with Crippen molar-refractivity contribution in [1.29, 1.82) is 0 Å². The fourth-order valence-corrected chi connectivity index (χ4v) is 6.13. The molecule has 6 rings (SSSR count). The van der Waals surface area contributed by atoms with Gasteiger partial charge in [-0.2, -0.15) is 5.10 Å². The number of hydrogen-bond donors (Lipinski definition) is 1. The summed E-state index contributed by atoms with van der Waals surface area (Å²) >= 11 is 0. The summed E-state index contributed by atoms with van der Waals surface area (Å²) in [6, 6.07) is 15.4. The third-order valence-electron chi connectivity index (χ3n) is 8.16. The molecule has 45 heavy (non-hydrogen) atoms. The first kappa shape index (κ1) is 30.4. The maximum absolute atomic E-state index is 15.7. The number of hydrogen-bond acceptors (Lipinski definition) is 5. The molecule has 1 unspecified atom stereocenters. The lowest BCUT2D eigenvalue weighted by atomic mass is 9.91. The van der Waals surface area contributed by atoms with Crippen molar-refractivity contribution in [3.8, 4) is 39.4 Å². The van der Waals surface area contributed by atoms with E-state index >= 15 is 4.39 Å². The molecule has 0 aliphatic carbocycles. The van der Waals surface area contributed by atoms with Crippen molar-refractivity contribution < 1.29 is 28.2 Å². The number of aliphatic carboxylic acids is 1. The standard InChI is InChI=1S/C36H35F2N3O4/c1-19-26-14-9-15-44-32(26)28(38)18-27(19)31-29(33(35(42)43)45-36(4,5)6)21(3)39-34-20(2)30(40-41(31)34)24-12-7-10-22(16-24)23-11-8-13-25(37)17-23/h7-8,10-13,16-18,33H,9,14-15H2,1-6H3,(H,42,43). The number of benzene rings is 3. The van der Waals surface area contributed by atoms with E-state index in [1.54, 1.807) is 38.3 Å². The van der Waals surface area contributed by atoms with Crippen molar-refractivity contribution in [3.05, 3.63) is 94.2 Å². The molecule has 9 heteroatoms. The van der Waals surface area contributed by atoms with Crippen molar-refractivity contribution in [3.63, 3.8) is 0 Å². The number of fused-ring (bicyclic) bond motifs is 2. The number of rotatable bonds is 6. The quantitative estimate of drug-likeness (QED) is 0.208. The molecule has 0 spiro atoms. The molecule has 5 aromatic rings. The van der Waals surface area contributed by atoms with E-state index in [0.717, 1.165) is 39.8 Å². The lowest BCUT2D eigenvalue weighted by Crippen LogP contribution is -2.29. The number of nitrogens with zero attached hydrogens (tertiary/aromatic N) is 3. The highest BCUT2D eigenvalue weighted by Gasteiger charge is 2.35. The van der Waals surface area contributed by atoms with Crippen LogP contribution >= 0.6 is 0 Å². The van der Waals surface area contributed by atoms with Crippen LogP contribution in [-0.4, -0.2) is 37.9 Å². The van der Waals surface area contributed by atoms with Crippen molar-refractivity contribution in [2.24, 2.45) is 0 Å². The molecule has 0 saturated heterocycles. The Balaban J connectivity index is 1.66. The Bertz CT molecular complexity index is 1980. The van der Waals surface area contributed by atoms with Crippen LogP contribution in [0.4, 0.5) is 8.78 Å². The van der Waals surface area contributed by atoms with Gasteiger partial charge in [-0.05, 0) is 95.3 Å². The van der Waals surface area contributed by atoms with E-state index in [1.165, 1.54) is 18.2 Å². The van der Waals surface area contributed by atoms with Crippen LogP contribution in [0.2, 0.25) is 0 Å². The van der Waals surface area contributed by atoms with Gasteiger partial charge in [0.05, 0.1) is 23.6 Å². The highest BCUT2D eigenvalue weighted by Crippen LogP contribution is 2.42. The van der Waals surface area contributed by atoms with E-state index < -0.39 is 23.5 Å². The highest BCUT2D eigenvalue weighted by atomic mass is 19.1. The summed E-state index contributed by atoms with van der Waals surface area (Å²) in [6.45, 7) is 11.3. The first-order valence-corrected chi connectivity index (χ1v) is 15.0. The Hall–Kier alpha value is -4.63. The molecule has 0 saturated carbocycles. The molecule has 7 nitrogen and oxygen atoms in total. The molecular formula is C36H35F2N3O4. The zero-order chi connectivity index (χ0) is 32.2. The minimum absolute atomic E-state index is 0.235. The summed E-state index contributed by atoms with van der Waals surface area (Å²) in [5.41, 5.74) is 6.52. The van der Waals surface area contributed by atoms with Gasteiger partial charge in [-0.1, -0.05) is 30.3 Å². The van der Waals surface area contributed by atoms with Gasteiger partial charge in [0.25, 0.3) is 0 Å². The second kappa shape index (κ2) is 11.4. The van der Waals surface area contributed by atoms with Crippen LogP contribution in [-0.2, 0) is 16.0 Å². The molecule has 0 fully saturated rings. The average molecular weight is 612 g/mol. The van der Waals surface area contributed by atoms with Crippen molar-refractivity contribution in [2.45, 2.75) is 66.1 Å². The molecular weight excluding hydrogens is 576 g/mol. The van der Waals surface area contributed by atoms with Crippen LogP contribution in [0.15, 0.2) is 54.6 Å². The molecule has 0 radical (unpaired) electrons.